The van der Waals surface area contributed by atoms with Gasteiger partial charge in [-0.2, -0.15) is 0 Å². The summed E-state index contributed by atoms with van der Waals surface area (Å²) >= 11 is 0. The van der Waals surface area contributed by atoms with Crippen LogP contribution in [0.4, 0.5) is 0 Å². The summed E-state index contributed by atoms with van der Waals surface area (Å²) < 4.78 is 11.3. The molecule has 0 saturated heterocycles. The van der Waals surface area contributed by atoms with Gasteiger partial charge in [-0.1, -0.05) is 38.5 Å². The molecule has 0 heterocycles. The zero-order valence-electron chi connectivity index (χ0n) is 13.4. The predicted molar refractivity (Wildman–Crippen MR) is 84.3 cm³/mol. The monoisotopic (exact) mass is 279 g/mol. The highest BCUT2D eigenvalue weighted by molar-refractivity contribution is 5.36. The molecule has 0 bridgehead atoms. The van der Waals surface area contributed by atoms with Gasteiger partial charge in [0.2, 0.25) is 0 Å². The van der Waals surface area contributed by atoms with Gasteiger partial charge in [0.1, 0.15) is 12.4 Å². The zero-order valence-corrected chi connectivity index (χ0v) is 13.4. The summed E-state index contributed by atoms with van der Waals surface area (Å²) in [7, 11) is 0. The van der Waals surface area contributed by atoms with Gasteiger partial charge in [-0.05, 0) is 31.9 Å². The first-order valence-electron chi connectivity index (χ1n) is 7.64. The SMILES string of the molecule is CCCOCCOc1ccc(C)cc1CNCC(C)C. The summed E-state index contributed by atoms with van der Waals surface area (Å²) in [6, 6.07) is 6.34. The van der Waals surface area contributed by atoms with Crippen LogP contribution in [0, 0.1) is 12.8 Å². The Hall–Kier alpha value is -1.06. The quantitative estimate of drug-likeness (QED) is 0.664. The molecule has 0 fully saturated rings. The second-order valence-corrected chi connectivity index (χ2v) is 5.60. The van der Waals surface area contributed by atoms with Crippen LogP contribution in [0.15, 0.2) is 18.2 Å². The lowest BCUT2D eigenvalue weighted by molar-refractivity contribution is 0.100. The van der Waals surface area contributed by atoms with Crippen LogP contribution in [0.5, 0.6) is 5.75 Å². The van der Waals surface area contributed by atoms with Gasteiger partial charge < -0.3 is 14.8 Å². The summed E-state index contributed by atoms with van der Waals surface area (Å²) in [4.78, 5) is 0. The lowest BCUT2D eigenvalue weighted by atomic mass is 10.1. The lowest BCUT2D eigenvalue weighted by Crippen LogP contribution is -2.19. The first-order valence-corrected chi connectivity index (χ1v) is 7.64. The third kappa shape index (κ3) is 6.92. The maximum atomic E-state index is 5.83. The van der Waals surface area contributed by atoms with Gasteiger partial charge in [-0.3, -0.25) is 0 Å². The number of hydrogen-bond acceptors (Lipinski definition) is 3. The van der Waals surface area contributed by atoms with Crippen LogP contribution in [0.1, 0.15) is 38.3 Å². The van der Waals surface area contributed by atoms with E-state index in [2.05, 4.69) is 51.2 Å². The van der Waals surface area contributed by atoms with Gasteiger partial charge in [0, 0.05) is 18.7 Å². The average Bonchev–Trinajstić information content (AvgIpc) is 2.40. The van der Waals surface area contributed by atoms with Crippen LogP contribution in [0.25, 0.3) is 0 Å². The van der Waals surface area contributed by atoms with Crippen molar-refractivity contribution in [3.05, 3.63) is 29.3 Å². The van der Waals surface area contributed by atoms with Gasteiger partial charge >= 0.3 is 0 Å². The first kappa shape index (κ1) is 17.0. The van der Waals surface area contributed by atoms with Crippen LogP contribution in [-0.2, 0) is 11.3 Å². The molecule has 20 heavy (non-hydrogen) atoms. The standard InChI is InChI=1S/C17H29NO2/c1-5-8-19-9-10-20-17-7-6-15(4)11-16(17)13-18-12-14(2)3/h6-7,11,14,18H,5,8-10,12-13H2,1-4H3. The number of rotatable bonds is 10. The second kappa shape index (κ2) is 9.78. The minimum Gasteiger partial charge on any atom is -0.491 e. The van der Waals surface area contributed by atoms with Gasteiger partial charge in [0.15, 0.2) is 0 Å². The Kier molecular flexibility index (Phi) is 8.31. The van der Waals surface area contributed by atoms with E-state index < -0.39 is 0 Å². The minimum absolute atomic E-state index is 0.611. The van der Waals surface area contributed by atoms with Crippen LogP contribution < -0.4 is 10.1 Å². The van der Waals surface area contributed by atoms with E-state index in [9.17, 15) is 0 Å². The predicted octanol–water partition coefficient (Wildman–Crippen LogP) is 3.55. The van der Waals surface area contributed by atoms with Crippen molar-refractivity contribution in [3.63, 3.8) is 0 Å². The number of benzene rings is 1. The van der Waals surface area contributed by atoms with Crippen LogP contribution in [-0.4, -0.2) is 26.4 Å². The van der Waals surface area contributed by atoms with Crippen LogP contribution in [0.2, 0.25) is 0 Å². The smallest absolute Gasteiger partial charge is 0.123 e. The number of ether oxygens (including phenoxy) is 2. The molecule has 0 aromatic heterocycles. The summed E-state index contributed by atoms with van der Waals surface area (Å²) in [5.41, 5.74) is 2.49. The molecule has 0 atom stereocenters. The molecule has 3 heteroatoms. The zero-order chi connectivity index (χ0) is 14.8. The van der Waals surface area contributed by atoms with Crippen LogP contribution in [0.3, 0.4) is 0 Å². The molecule has 0 saturated carbocycles. The van der Waals surface area contributed by atoms with Crippen molar-refractivity contribution in [3.8, 4) is 5.75 Å². The topological polar surface area (TPSA) is 30.5 Å². The van der Waals surface area contributed by atoms with Crippen molar-refractivity contribution in [2.75, 3.05) is 26.4 Å². The van der Waals surface area contributed by atoms with Gasteiger partial charge in [0.05, 0.1) is 6.61 Å². The minimum atomic E-state index is 0.611. The fraction of sp³-hybridized carbons (Fsp3) is 0.647. The summed E-state index contributed by atoms with van der Waals surface area (Å²) in [6.07, 6.45) is 1.05. The Morgan fingerprint density at radius 3 is 2.65 bits per heavy atom. The molecule has 1 aromatic rings. The van der Waals surface area contributed by atoms with Gasteiger partial charge in [-0.15, -0.1) is 0 Å². The number of aryl methyl sites for hydroxylation is 1. The molecule has 0 aliphatic rings. The Labute approximate surface area is 123 Å². The van der Waals surface area contributed by atoms with E-state index in [1.165, 1.54) is 11.1 Å². The molecule has 0 aliphatic heterocycles. The number of nitrogens with one attached hydrogen (secondary N) is 1. The number of hydrogen-bond donors (Lipinski definition) is 1. The molecular weight excluding hydrogens is 250 g/mol. The maximum Gasteiger partial charge on any atom is 0.123 e. The highest BCUT2D eigenvalue weighted by atomic mass is 16.5. The van der Waals surface area contributed by atoms with E-state index in [1.54, 1.807) is 0 Å². The molecule has 1 rings (SSSR count). The highest BCUT2D eigenvalue weighted by Crippen LogP contribution is 2.20. The molecular formula is C17H29NO2. The fourth-order valence-electron chi connectivity index (χ4n) is 1.94. The molecule has 1 aromatic carbocycles. The lowest BCUT2D eigenvalue weighted by Gasteiger charge is -2.14. The molecule has 0 spiro atoms. The van der Waals surface area contributed by atoms with Crippen molar-refractivity contribution >= 4 is 0 Å². The molecule has 0 radical (unpaired) electrons. The Balaban J connectivity index is 2.47. The fourth-order valence-corrected chi connectivity index (χ4v) is 1.94. The van der Waals surface area contributed by atoms with E-state index in [0.717, 1.165) is 31.9 Å². The Bertz CT molecular complexity index is 377. The molecule has 114 valence electrons. The second-order valence-electron chi connectivity index (χ2n) is 5.60. The van der Waals surface area contributed by atoms with Gasteiger partial charge in [-0.25, -0.2) is 0 Å². The Morgan fingerprint density at radius 1 is 1.15 bits per heavy atom. The van der Waals surface area contributed by atoms with E-state index in [-0.39, 0.29) is 0 Å². The van der Waals surface area contributed by atoms with E-state index in [0.29, 0.717) is 19.1 Å². The van der Waals surface area contributed by atoms with Gasteiger partial charge in [0.25, 0.3) is 0 Å². The van der Waals surface area contributed by atoms with Crippen molar-refractivity contribution in [2.24, 2.45) is 5.92 Å². The van der Waals surface area contributed by atoms with E-state index in [1.807, 2.05) is 0 Å². The summed E-state index contributed by atoms with van der Waals surface area (Å²) in [6.45, 7) is 12.6. The summed E-state index contributed by atoms with van der Waals surface area (Å²) in [5.74, 6) is 1.62. The molecule has 0 amide bonds. The van der Waals surface area contributed by atoms with Crippen molar-refractivity contribution in [2.45, 2.75) is 40.7 Å². The first-order chi connectivity index (χ1) is 9.63. The van der Waals surface area contributed by atoms with Crippen molar-refractivity contribution in [1.29, 1.82) is 0 Å². The third-order valence-corrected chi connectivity index (χ3v) is 2.92. The highest BCUT2D eigenvalue weighted by Gasteiger charge is 2.04. The average molecular weight is 279 g/mol. The third-order valence-electron chi connectivity index (χ3n) is 2.92. The maximum absolute atomic E-state index is 5.83. The molecule has 1 N–H and O–H groups in total. The summed E-state index contributed by atoms with van der Waals surface area (Å²) in [5, 5.41) is 3.47. The van der Waals surface area contributed by atoms with Crippen LogP contribution >= 0.6 is 0 Å². The molecule has 0 aliphatic carbocycles. The van der Waals surface area contributed by atoms with E-state index in [4.69, 9.17) is 9.47 Å². The normalized spacial score (nSPS) is 11.1. The van der Waals surface area contributed by atoms with E-state index >= 15 is 0 Å². The molecule has 0 unspecified atom stereocenters. The molecule has 3 nitrogen and oxygen atoms in total. The Morgan fingerprint density at radius 2 is 1.95 bits per heavy atom. The largest absolute Gasteiger partial charge is 0.491 e. The van der Waals surface area contributed by atoms with Crippen molar-refractivity contribution < 1.29 is 9.47 Å². The van der Waals surface area contributed by atoms with Crippen molar-refractivity contribution in [1.82, 2.24) is 5.32 Å².